The molecule has 0 aliphatic carbocycles. The van der Waals surface area contributed by atoms with Crippen LogP contribution in [0.4, 0.5) is 0 Å². The molecule has 3 rings (SSSR count). The molecule has 0 aliphatic rings. The van der Waals surface area contributed by atoms with E-state index in [9.17, 15) is 4.79 Å². The molecule has 0 fully saturated rings. The number of benzene rings is 1. The van der Waals surface area contributed by atoms with E-state index in [1.54, 1.807) is 28.7 Å². The van der Waals surface area contributed by atoms with Gasteiger partial charge in [-0.15, -0.1) is 11.3 Å². The summed E-state index contributed by atoms with van der Waals surface area (Å²) in [5, 5.41) is 9.22. The molecule has 0 aliphatic heterocycles. The van der Waals surface area contributed by atoms with Gasteiger partial charge >= 0.3 is 0 Å². The van der Waals surface area contributed by atoms with Crippen LogP contribution in [0.15, 0.2) is 70.7 Å². The number of hydrogen-bond donors (Lipinski definition) is 1. The predicted octanol–water partition coefficient (Wildman–Crippen LogP) is 4.73. The molecule has 2 aromatic heterocycles. The fraction of sp³-hybridized carbons (Fsp3) is 0.0556. The van der Waals surface area contributed by atoms with Gasteiger partial charge in [-0.05, 0) is 45.5 Å². The van der Waals surface area contributed by atoms with Crippen LogP contribution in [0, 0.1) is 0 Å². The Kier molecular flexibility index (Phi) is 4.83. The third kappa shape index (κ3) is 3.72. The second kappa shape index (κ2) is 7.20. The summed E-state index contributed by atoms with van der Waals surface area (Å²) in [4.78, 5) is 13.4. The maximum atomic E-state index is 12.2. The lowest BCUT2D eigenvalue weighted by molar-refractivity contribution is -0.116. The van der Waals surface area contributed by atoms with E-state index in [0.29, 0.717) is 0 Å². The minimum atomic E-state index is -0.0894. The van der Waals surface area contributed by atoms with Crippen molar-refractivity contribution in [2.24, 2.45) is 0 Å². The molecule has 0 spiro atoms. The van der Waals surface area contributed by atoms with Crippen molar-refractivity contribution in [1.82, 2.24) is 5.32 Å². The topological polar surface area (TPSA) is 29.1 Å². The Morgan fingerprint density at radius 1 is 1.05 bits per heavy atom. The molecule has 3 aromatic rings. The summed E-state index contributed by atoms with van der Waals surface area (Å²) in [6, 6.07) is 15.8. The van der Waals surface area contributed by atoms with E-state index in [1.165, 1.54) is 0 Å². The highest BCUT2D eigenvalue weighted by Crippen LogP contribution is 2.27. The molecule has 22 heavy (non-hydrogen) atoms. The van der Waals surface area contributed by atoms with Gasteiger partial charge in [0.05, 0.1) is 6.04 Å². The molecule has 4 heteroatoms. The average Bonchev–Trinajstić information content (AvgIpc) is 3.25. The van der Waals surface area contributed by atoms with E-state index >= 15 is 0 Å². The van der Waals surface area contributed by atoms with Gasteiger partial charge in [-0.2, -0.15) is 11.3 Å². The largest absolute Gasteiger partial charge is 0.341 e. The second-order valence-electron chi connectivity index (χ2n) is 4.76. The Morgan fingerprint density at radius 2 is 1.91 bits per heavy atom. The van der Waals surface area contributed by atoms with Gasteiger partial charge in [0, 0.05) is 11.0 Å². The van der Waals surface area contributed by atoms with Crippen LogP contribution in [0.5, 0.6) is 0 Å². The zero-order chi connectivity index (χ0) is 15.2. The first-order valence-corrected chi connectivity index (χ1v) is 8.74. The van der Waals surface area contributed by atoms with Crippen molar-refractivity contribution in [3.63, 3.8) is 0 Å². The number of carbonyl (C=O) groups is 1. The first-order chi connectivity index (χ1) is 10.8. The summed E-state index contributed by atoms with van der Waals surface area (Å²) in [6.45, 7) is 0. The quantitative estimate of drug-likeness (QED) is 0.675. The molecule has 0 unspecified atom stereocenters. The van der Waals surface area contributed by atoms with Gasteiger partial charge in [-0.25, -0.2) is 0 Å². The van der Waals surface area contributed by atoms with Crippen LogP contribution < -0.4 is 5.32 Å². The molecule has 1 atom stereocenters. The molecule has 0 saturated heterocycles. The highest BCUT2D eigenvalue weighted by Gasteiger charge is 2.16. The zero-order valence-corrected chi connectivity index (χ0v) is 13.4. The van der Waals surface area contributed by atoms with E-state index in [4.69, 9.17) is 0 Å². The number of thiophene rings is 2. The molecule has 1 amide bonds. The van der Waals surface area contributed by atoms with Gasteiger partial charge in [0.25, 0.3) is 0 Å². The molecule has 1 N–H and O–H groups in total. The zero-order valence-electron chi connectivity index (χ0n) is 11.8. The lowest BCUT2D eigenvalue weighted by Crippen LogP contribution is -2.26. The minimum Gasteiger partial charge on any atom is -0.341 e. The van der Waals surface area contributed by atoms with Crippen LogP contribution >= 0.6 is 22.7 Å². The summed E-state index contributed by atoms with van der Waals surface area (Å²) in [6.07, 6.45) is 3.41. The smallest absolute Gasteiger partial charge is 0.244 e. The molecule has 2 nitrogen and oxygen atoms in total. The fourth-order valence-electron chi connectivity index (χ4n) is 2.14. The van der Waals surface area contributed by atoms with Crippen molar-refractivity contribution in [1.29, 1.82) is 0 Å². The highest BCUT2D eigenvalue weighted by molar-refractivity contribution is 7.10. The molecular formula is C18H15NOS2. The molecule has 0 radical (unpaired) electrons. The van der Waals surface area contributed by atoms with Gasteiger partial charge in [-0.1, -0.05) is 36.4 Å². The summed E-state index contributed by atoms with van der Waals surface area (Å²) in [5.74, 6) is -0.0894. The average molecular weight is 325 g/mol. The number of amides is 1. The van der Waals surface area contributed by atoms with Crippen molar-refractivity contribution in [3.05, 3.63) is 86.8 Å². The minimum absolute atomic E-state index is 0.0841. The third-order valence-corrected chi connectivity index (χ3v) is 4.86. The molecule has 2 heterocycles. The van der Waals surface area contributed by atoms with E-state index in [-0.39, 0.29) is 11.9 Å². The Morgan fingerprint density at radius 3 is 2.59 bits per heavy atom. The first-order valence-electron chi connectivity index (χ1n) is 6.92. The summed E-state index contributed by atoms with van der Waals surface area (Å²) >= 11 is 3.29. The predicted molar refractivity (Wildman–Crippen MR) is 94.1 cm³/mol. The van der Waals surface area contributed by atoms with Gasteiger partial charge in [-0.3, -0.25) is 4.79 Å². The van der Waals surface area contributed by atoms with Crippen molar-refractivity contribution in [2.45, 2.75) is 6.04 Å². The third-order valence-electron chi connectivity index (χ3n) is 3.22. The molecule has 110 valence electrons. The van der Waals surface area contributed by atoms with Crippen LogP contribution in [0.2, 0.25) is 0 Å². The van der Waals surface area contributed by atoms with Gasteiger partial charge < -0.3 is 5.32 Å². The maximum Gasteiger partial charge on any atom is 0.244 e. The summed E-state index contributed by atoms with van der Waals surface area (Å²) in [7, 11) is 0. The van der Waals surface area contributed by atoms with Crippen LogP contribution in [-0.2, 0) is 4.79 Å². The number of carbonyl (C=O) groups excluding carboxylic acids is 1. The molecule has 0 bridgehead atoms. The molecular weight excluding hydrogens is 310 g/mol. The number of rotatable bonds is 5. The van der Waals surface area contributed by atoms with Crippen LogP contribution in [0.25, 0.3) is 6.08 Å². The van der Waals surface area contributed by atoms with Crippen molar-refractivity contribution in [2.75, 3.05) is 0 Å². The van der Waals surface area contributed by atoms with E-state index in [2.05, 4.69) is 16.8 Å². The Balaban J connectivity index is 1.74. The SMILES string of the molecule is O=C(/C=C/c1ccccc1)N[C@@H](c1ccsc1)c1cccs1. The van der Waals surface area contributed by atoms with Crippen molar-refractivity contribution in [3.8, 4) is 0 Å². The summed E-state index contributed by atoms with van der Waals surface area (Å²) in [5.41, 5.74) is 2.13. The monoisotopic (exact) mass is 325 g/mol. The van der Waals surface area contributed by atoms with Crippen LogP contribution in [-0.4, -0.2) is 5.91 Å². The second-order valence-corrected chi connectivity index (χ2v) is 6.52. The standard InChI is InChI=1S/C18H15NOS2/c20-17(9-8-14-5-2-1-3-6-14)19-18(15-10-12-21-13-15)16-7-4-11-22-16/h1-13,18H,(H,19,20)/b9-8+/t18-/m0/s1. The lowest BCUT2D eigenvalue weighted by Gasteiger charge is -2.15. The van der Waals surface area contributed by atoms with E-state index in [0.717, 1.165) is 16.0 Å². The Labute approximate surface area is 137 Å². The normalized spacial score (nSPS) is 12.4. The highest BCUT2D eigenvalue weighted by atomic mass is 32.1. The molecule has 1 aromatic carbocycles. The van der Waals surface area contributed by atoms with Crippen LogP contribution in [0.1, 0.15) is 22.0 Å². The number of nitrogens with one attached hydrogen (secondary N) is 1. The van der Waals surface area contributed by atoms with Gasteiger partial charge in [0.2, 0.25) is 5.91 Å². The van der Waals surface area contributed by atoms with E-state index < -0.39 is 0 Å². The van der Waals surface area contributed by atoms with Gasteiger partial charge in [0.1, 0.15) is 0 Å². The maximum absolute atomic E-state index is 12.2. The van der Waals surface area contributed by atoms with Crippen molar-refractivity contribution >= 4 is 34.7 Å². The lowest BCUT2D eigenvalue weighted by atomic mass is 10.1. The van der Waals surface area contributed by atoms with Gasteiger partial charge in [0.15, 0.2) is 0 Å². The molecule has 0 saturated carbocycles. The van der Waals surface area contributed by atoms with Crippen molar-refractivity contribution < 1.29 is 4.79 Å². The Hall–Kier alpha value is -2.17. The first kappa shape index (κ1) is 14.8. The Bertz CT molecular complexity index is 697. The van der Waals surface area contributed by atoms with Crippen LogP contribution in [0.3, 0.4) is 0 Å². The number of hydrogen-bond acceptors (Lipinski definition) is 3. The summed E-state index contributed by atoms with van der Waals surface area (Å²) < 4.78 is 0. The van der Waals surface area contributed by atoms with E-state index in [1.807, 2.05) is 59.3 Å². The fourth-order valence-corrected chi connectivity index (χ4v) is 3.63.